The molecule has 142 valence electrons. The van der Waals surface area contributed by atoms with Crippen LogP contribution in [0.5, 0.6) is 0 Å². The predicted octanol–water partition coefficient (Wildman–Crippen LogP) is 3.05. The van der Waals surface area contributed by atoms with E-state index in [4.69, 9.17) is 0 Å². The van der Waals surface area contributed by atoms with Crippen LogP contribution in [0.15, 0.2) is 48.5 Å². The fourth-order valence-corrected chi connectivity index (χ4v) is 3.30. The van der Waals surface area contributed by atoms with Gasteiger partial charge in [0, 0.05) is 57.1 Å². The highest BCUT2D eigenvalue weighted by molar-refractivity contribution is 5.96. The molecule has 0 N–H and O–H groups in total. The van der Waals surface area contributed by atoms with Gasteiger partial charge in [-0.2, -0.15) is 0 Å². The van der Waals surface area contributed by atoms with E-state index >= 15 is 0 Å². The number of hydrogen-bond acceptors (Lipinski definition) is 3. The van der Waals surface area contributed by atoms with Crippen LogP contribution in [0.2, 0.25) is 0 Å². The second kappa shape index (κ2) is 8.25. The molecule has 1 heterocycles. The van der Waals surface area contributed by atoms with E-state index in [0.717, 1.165) is 17.7 Å². The SMILES string of the molecule is Cc1ccc(C(=O)N2CCCN(C(=O)c3cccc(N(C)C)c3)CC2)cc1. The molecule has 0 unspecified atom stereocenters. The highest BCUT2D eigenvalue weighted by Crippen LogP contribution is 2.17. The lowest BCUT2D eigenvalue weighted by atomic mass is 10.1. The van der Waals surface area contributed by atoms with Gasteiger partial charge in [0.05, 0.1) is 0 Å². The third kappa shape index (κ3) is 4.48. The summed E-state index contributed by atoms with van der Waals surface area (Å²) >= 11 is 0. The standard InChI is InChI=1S/C22H27N3O2/c1-17-8-10-18(11-9-17)21(26)24-12-5-13-25(15-14-24)22(27)19-6-4-7-20(16-19)23(2)3/h4,6-11,16H,5,12-15H2,1-3H3. The molecule has 0 aliphatic carbocycles. The molecule has 3 rings (SSSR count). The van der Waals surface area contributed by atoms with Gasteiger partial charge in [-0.3, -0.25) is 9.59 Å². The van der Waals surface area contributed by atoms with E-state index in [-0.39, 0.29) is 11.8 Å². The number of carbonyl (C=O) groups excluding carboxylic acids is 2. The molecule has 1 fully saturated rings. The molecule has 1 aliphatic heterocycles. The fraction of sp³-hybridized carbons (Fsp3) is 0.364. The van der Waals surface area contributed by atoms with Crippen molar-refractivity contribution in [1.82, 2.24) is 9.80 Å². The summed E-state index contributed by atoms with van der Waals surface area (Å²) in [6.45, 7) is 4.47. The molecule has 1 aliphatic rings. The Morgan fingerprint density at radius 1 is 0.815 bits per heavy atom. The minimum atomic E-state index is 0.0309. The van der Waals surface area contributed by atoms with Crippen molar-refractivity contribution in [3.63, 3.8) is 0 Å². The molecule has 0 spiro atoms. The molecule has 2 amide bonds. The lowest BCUT2D eigenvalue weighted by molar-refractivity contribution is 0.0719. The topological polar surface area (TPSA) is 43.9 Å². The smallest absolute Gasteiger partial charge is 0.253 e. The molecule has 5 nitrogen and oxygen atoms in total. The van der Waals surface area contributed by atoms with Gasteiger partial charge in [-0.25, -0.2) is 0 Å². The molecular weight excluding hydrogens is 338 g/mol. The average Bonchev–Trinajstić information content (AvgIpc) is 2.94. The molecule has 0 bridgehead atoms. The number of nitrogens with zero attached hydrogens (tertiary/aromatic N) is 3. The summed E-state index contributed by atoms with van der Waals surface area (Å²) in [5, 5.41) is 0. The maximum atomic E-state index is 12.9. The van der Waals surface area contributed by atoms with Crippen molar-refractivity contribution in [3.8, 4) is 0 Å². The minimum absolute atomic E-state index is 0.0309. The van der Waals surface area contributed by atoms with E-state index in [0.29, 0.717) is 37.3 Å². The number of anilines is 1. The van der Waals surface area contributed by atoms with Crippen molar-refractivity contribution >= 4 is 17.5 Å². The van der Waals surface area contributed by atoms with Crippen molar-refractivity contribution in [2.24, 2.45) is 0 Å². The van der Waals surface area contributed by atoms with Gasteiger partial charge in [0.2, 0.25) is 0 Å². The summed E-state index contributed by atoms with van der Waals surface area (Å²) in [7, 11) is 3.92. The van der Waals surface area contributed by atoms with Gasteiger partial charge in [0.1, 0.15) is 0 Å². The highest BCUT2D eigenvalue weighted by Gasteiger charge is 2.23. The van der Waals surface area contributed by atoms with Crippen molar-refractivity contribution in [1.29, 1.82) is 0 Å². The van der Waals surface area contributed by atoms with E-state index in [2.05, 4.69) is 0 Å². The molecule has 27 heavy (non-hydrogen) atoms. The maximum absolute atomic E-state index is 12.9. The van der Waals surface area contributed by atoms with Gasteiger partial charge in [0.15, 0.2) is 0 Å². The Labute approximate surface area is 161 Å². The third-order valence-electron chi connectivity index (χ3n) is 4.98. The van der Waals surface area contributed by atoms with Crippen molar-refractivity contribution in [2.75, 3.05) is 45.2 Å². The van der Waals surface area contributed by atoms with Crippen LogP contribution >= 0.6 is 0 Å². The first-order chi connectivity index (χ1) is 13.0. The van der Waals surface area contributed by atoms with E-state index in [1.807, 2.05) is 84.2 Å². The molecule has 0 aromatic heterocycles. The Morgan fingerprint density at radius 2 is 1.41 bits per heavy atom. The Bertz CT molecular complexity index is 815. The Hall–Kier alpha value is -2.82. The predicted molar refractivity (Wildman–Crippen MR) is 108 cm³/mol. The summed E-state index contributed by atoms with van der Waals surface area (Å²) in [4.78, 5) is 31.4. The summed E-state index contributed by atoms with van der Waals surface area (Å²) < 4.78 is 0. The summed E-state index contributed by atoms with van der Waals surface area (Å²) in [6.07, 6.45) is 0.788. The second-order valence-corrected chi connectivity index (χ2v) is 7.25. The van der Waals surface area contributed by atoms with Crippen LogP contribution in [-0.2, 0) is 0 Å². The lowest BCUT2D eigenvalue weighted by Gasteiger charge is -2.23. The number of carbonyl (C=O) groups is 2. The molecular formula is C22H27N3O2. The largest absolute Gasteiger partial charge is 0.378 e. The van der Waals surface area contributed by atoms with Crippen molar-refractivity contribution < 1.29 is 9.59 Å². The first kappa shape index (κ1) is 19.0. The van der Waals surface area contributed by atoms with Crippen LogP contribution < -0.4 is 4.90 Å². The monoisotopic (exact) mass is 365 g/mol. The zero-order valence-electron chi connectivity index (χ0n) is 16.3. The lowest BCUT2D eigenvalue weighted by Crippen LogP contribution is -2.37. The number of hydrogen-bond donors (Lipinski definition) is 0. The van der Waals surface area contributed by atoms with Gasteiger partial charge in [-0.05, 0) is 43.7 Å². The normalized spacial score (nSPS) is 14.6. The van der Waals surface area contributed by atoms with Crippen molar-refractivity contribution in [3.05, 3.63) is 65.2 Å². The van der Waals surface area contributed by atoms with E-state index in [1.165, 1.54) is 0 Å². The molecule has 2 aromatic carbocycles. The van der Waals surface area contributed by atoms with Crippen LogP contribution in [0, 0.1) is 6.92 Å². The summed E-state index contributed by atoms with van der Waals surface area (Å²) in [6, 6.07) is 15.3. The Kier molecular flexibility index (Phi) is 5.79. The molecule has 0 saturated carbocycles. The average molecular weight is 365 g/mol. The highest BCUT2D eigenvalue weighted by atomic mass is 16.2. The molecule has 0 radical (unpaired) electrons. The van der Waals surface area contributed by atoms with Crippen LogP contribution in [-0.4, -0.2) is 61.9 Å². The van der Waals surface area contributed by atoms with Gasteiger partial charge >= 0.3 is 0 Å². The van der Waals surface area contributed by atoms with Crippen LogP contribution in [0.25, 0.3) is 0 Å². The van der Waals surface area contributed by atoms with Gasteiger partial charge < -0.3 is 14.7 Å². The zero-order valence-corrected chi connectivity index (χ0v) is 16.3. The van der Waals surface area contributed by atoms with Gasteiger partial charge in [-0.15, -0.1) is 0 Å². The van der Waals surface area contributed by atoms with E-state index in [9.17, 15) is 9.59 Å². The number of benzene rings is 2. The first-order valence-corrected chi connectivity index (χ1v) is 9.38. The first-order valence-electron chi connectivity index (χ1n) is 9.38. The zero-order chi connectivity index (χ0) is 19.4. The maximum Gasteiger partial charge on any atom is 0.253 e. The van der Waals surface area contributed by atoms with Gasteiger partial charge in [-0.1, -0.05) is 23.8 Å². The second-order valence-electron chi connectivity index (χ2n) is 7.25. The third-order valence-corrected chi connectivity index (χ3v) is 4.98. The van der Waals surface area contributed by atoms with Gasteiger partial charge in [0.25, 0.3) is 11.8 Å². The number of rotatable bonds is 3. The minimum Gasteiger partial charge on any atom is -0.378 e. The summed E-state index contributed by atoms with van der Waals surface area (Å²) in [5.41, 5.74) is 3.55. The van der Waals surface area contributed by atoms with Crippen LogP contribution in [0.1, 0.15) is 32.7 Å². The molecule has 0 atom stereocenters. The number of amides is 2. The molecule has 1 saturated heterocycles. The summed E-state index contributed by atoms with van der Waals surface area (Å²) in [5.74, 6) is 0.0715. The molecule has 2 aromatic rings. The van der Waals surface area contributed by atoms with E-state index in [1.54, 1.807) is 0 Å². The Morgan fingerprint density at radius 3 is 2.00 bits per heavy atom. The quantitative estimate of drug-likeness (QED) is 0.840. The molecule has 5 heteroatoms. The Balaban J connectivity index is 1.67. The van der Waals surface area contributed by atoms with Crippen molar-refractivity contribution in [2.45, 2.75) is 13.3 Å². The number of aryl methyl sites for hydroxylation is 1. The van der Waals surface area contributed by atoms with E-state index < -0.39 is 0 Å². The van der Waals surface area contributed by atoms with Crippen LogP contribution in [0.3, 0.4) is 0 Å². The van der Waals surface area contributed by atoms with Crippen LogP contribution in [0.4, 0.5) is 5.69 Å². The fourth-order valence-electron chi connectivity index (χ4n) is 3.30.